The number of aliphatic hydroxyl groups is 1. The molecule has 0 spiro atoms. The number of carbonyl (C=O) groups excluding carboxylic acids is 1. The highest BCUT2D eigenvalue weighted by Crippen LogP contribution is 2.39. The van der Waals surface area contributed by atoms with Crippen LogP contribution in [0.3, 0.4) is 0 Å². The quantitative estimate of drug-likeness (QED) is 0.388. The Labute approximate surface area is 243 Å². The Bertz CT molecular complexity index is 1500. The Morgan fingerprint density at radius 2 is 1.86 bits per heavy atom. The van der Waals surface area contributed by atoms with Crippen molar-refractivity contribution in [3.63, 3.8) is 0 Å². The number of nitrogens with one attached hydrogen (secondary N) is 1. The number of rotatable bonds is 9. The molecule has 2 saturated heterocycles. The highest BCUT2D eigenvalue weighted by Gasteiger charge is 2.42. The van der Waals surface area contributed by atoms with E-state index in [9.17, 15) is 31.5 Å². The smallest absolute Gasteiger partial charge is 0.251 e. The molecule has 42 heavy (non-hydrogen) atoms. The molecule has 2 aliphatic rings. The van der Waals surface area contributed by atoms with Crippen LogP contribution in [0.1, 0.15) is 37.2 Å². The van der Waals surface area contributed by atoms with E-state index in [0.717, 1.165) is 23.8 Å². The van der Waals surface area contributed by atoms with Gasteiger partial charge in [0.15, 0.2) is 0 Å². The maximum Gasteiger partial charge on any atom is 0.251 e. The first-order valence-electron chi connectivity index (χ1n) is 14.1. The van der Waals surface area contributed by atoms with Crippen molar-refractivity contribution in [2.24, 2.45) is 11.8 Å². The molecule has 8 nitrogen and oxygen atoms in total. The molecule has 0 aliphatic carbocycles. The number of alkyl halides is 1. The zero-order valence-corrected chi connectivity index (χ0v) is 24.1. The Morgan fingerprint density at radius 3 is 2.50 bits per heavy atom. The van der Waals surface area contributed by atoms with E-state index in [2.05, 4.69) is 5.32 Å². The average Bonchev–Trinajstić information content (AvgIpc) is 3.56. The molecule has 2 aromatic carbocycles. The van der Waals surface area contributed by atoms with Crippen molar-refractivity contribution in [3.8, 4) is 11.3 Å². The second-order valence-electron chi connectivity index (χ2n) is 11.3. The summed E-state index contributed by atoms with van der Waals surface area (Å²) in [6.07, 6.45) is -0.596. The van der Waals surface area contributed by atoms with Crippen LogP contribution in [0.25, 0.3) is 11.3 Å². The van der Waals surface area contributed by atoms with Gasteiger partial charge in [-0.1, -0.05) is 30.3 Å². The van der Waals surface area contributed by atoms with E-state index in [4.69, 9.17) is 4.98 Å². The van der Waals surface area contributed by atoms with Gasteiger partial charge in [0.25, 0.3) is 5.91 Å². The molecule has 1 amide bonds. The van der Waals surface area contributed by atoms with E-state index in [-0.39, 0.29) is 55.2 Å². The van der Waals surface area contributed by atoms with Crippen molar-refractivity contribution < 1.29 is 31.5 Å². The molecule has 5 rings (SSSR count). The second-order valence-corrected chi connectivity index (χ2v) is 13.6. The normalized spacial score (nSPS) is 22.1. The third-order valence-corrected chi connectivity index (χ3v) is 9.90. The van der Waals surface area contributed by atoms with Crippen molar-refractivity contribution in [3.05, 3.63) is 77.8 Å². The molecule has 0 bridgehead atoms. The summed E-state index contributed by atoms with van der Waals surface area (Å²) in [6, 6.07) is 11.6. The van der Waals surface area contributed by atoms with Gasteiger partial charge in [-0.15, -0.1) is 0 Å². The lowest BCUT2D eigenvalue weighted by atomic mass is 9.90. The summed E-state index contributed by atoms with van der Waals surface area (Å²) in [5, 5.41) is 13.4. The van der Waals surface area contributed by atoms with Gasteiger partial charge in [0, 0.05) is 43.9 Å². The zero-order valence-electron chi connectivity index (χ0n) is 23.3. The van der Waals surface area contributed by atoms with Crippen molar-refractivity contribution in [1.82, 2.24) is 19.8 Å². The number of imidazole rings is 1. The summed E-state index contributed by atoms with van der Waals surface area (Å²) >= 11 is 0. The van der Waals surface area contributed by atoms with E-state index in [1.807, 2.05) is 30.3 Å². The molecule has 1 aromatic heterocycles. The number of halogens is 3. The first-order chi connectivity index (χ1) is 20.0. The van der Waals surface area contributed by atoms with Crippen LogP contribution in [0, 0.1) is 23.5 Å². The molecule has 0 unspecified atom stereocenters. The largest absolute Gasteiger partial charge is 0.384 e. The minimum Gasteiger partial charge on any atom is -0.384 e. The summed E-state index contributed by atoms with van der Waals surface area (Å²) < 4.78 is 70.5. The third kappa shape index (κ3) is 6.71. The molecule has 3 heterocycles. The van der Waals surface area contributed by atoms with Crippen molar-refractivity contribution in [2.45, 2.75) is 44.6 Å². The van der Waals surface area contributed by atoms with E-state index in [1.165, 1.54) is 11.8 Å². The van der Waals surface area contributed by atoms with Gasteiger partial charge in [-0.05, 0) is 49.4 Å². The Kier molecular flexibility index (Phi) is 9.05. The Hall–Kier alpha value is -3.22. The van der Waals surface area contributed by atoms with Crippen LogP contribution in [0.15, 0.2) is 54.7 Å². The molecule has 3 aromatic rings. The zero-order chi connectivity index (χ0) is 30.0. The van der Waals surface area contributed by atoms with E-state index in [1.54, 1.807) is 10.8 Å². The fourth-order valence-corrected chi connectivity index (χ4v) is 7.47. The van der Waals surface area contributed by atoms with Gasteiger partial charge in [0.05, 0.1) is 23.2 Å². The Balaban J connectivity index is 1.67. The van der Waals surface area contributed by atoms with Crippen LogP contribution >= 0.6 is 0 Å². The minimum absolute atomic E-state index is 0.0341. The number of hydrogen-bond donors (Lipinski definition) is 2. The maximum atomic E-state index is 14.9. The molecule has 4 atom stereocenters. The molecule has 2 aliphatic heterocycles. The van der Waals surface area contributed by atoms with Gasteiger partial charge in [-0.2, -0.15) is 0 Å². The molecule has 226 valence electrons. The number of nitrogens with zero attached hydrogens (tertiary/aromatic N) is 3. The van der Waals surface area contributed by atoms with E-state index < -0.39 is 57.5 Å². The molecular weight excluding hydrogens is 569 g/mol. The molecule has 2 fully saturated rings. The topological polar surface area (TPSA) is 105 Å². The van der Waals surface area contributed by atoms with Crippen LogP contribution in [-0.2, 0) is 21.2 Å². The van der Waals surface area contributed by atoms with E-state index in [0.29, 0.717) is 12.4 Å². The highest BCUT2D eigenvalue weighted by molar-refractivity contribution is 7.91. The van der Waals surface area contributed by atoms with Crippen molar-refractivity contribution >= 4 is 15.7 Å². The Morgan fingerprint density at radius 1 is 1.14 bits per heavy atom. The average molecular weight is 605 g/mol. The predicted molar refractivity (Wildman–Crippen MR) is 152 cm³/mol. The number of carbonyl (C=O) groups is 1. The number of benzene rings is 2. The van der Waals surface area contributed by atoms with Gasteiger partial charge in [-0.25, -0.2) is 26.6 Å². The van der Waals surface area contributed by atoms with Crippen LogP contribution < -0.4 is 5.32 Å². The molecule has 0 saturated carbocycles. The highest BCUT2D eigenvalue weighted by atomic mass is 32.2. The summed E-state index contributed by atoms with van der Waals surface area (Å²) in [5.41, 5.74) is 0.955. The predicted octanol–water partition coefficient (Wildman–Crippen LogP) is 3.51. The van der Waals surface area contributed by atoms with Crippen molar-refractivity contribution in [1.29, 1.82) is 0 Å². The lowest BCUT2D eigenvalue weighted by Gasteiger charge is -2.40. The van der Waals surface area contributed by atoms with Crippen molar-refractivity contribution in [2.75, 3.05) is 31.1 Å². The van der Waals surface area contributed by atoms with Gasteiger partial charge in [0.2, 0.25) is 0 Å². The van der Waals surface area contributed by atoms with E-state index >= 15 is 0 Å². The van der Waals surface area contributed by atoms with Gasteiger partial charge >= 0.3 is 0 Å². The summed E-state index contributed by atoms with van der Waals surface area (Å²) in [4.78, 5) is 19.8. The molecule has 0 radical (unpaired) electrons. The number of hydrogen-bond acceptors (Lipinski definition) is 6. The third-order valence-electron chi connectivity index (χ3n) is 8.18. The SMILES string of the molecule is C[C@H](O)C(=O)N(C[C@@H]1CNC[C@@H]1F)[C@@H](c1nc(-c2cc(F)ccc2F)cn1Cc1ccccc1)C1CCS(=O)(=O)CC1. The lowest BCUT2D eigenvalue weighted by molar-refractivity contribution is -0.144. The fraction of sp³-hybridized carbons (Fsp3) is 0.467. The number of aromatic nitrogens is 2. The van der Waals surface area contributed by atoms with Gasteiger partial charge in [0.1, 0.15) is 39.6 Å². The molecule has 2 N–H and O–H groups in total. The molecular formula is C30H35F3N4O4S. The first kappa shape index (κ1) is 30.2. The summed E-state index contributed by atoms with van der Waals surface area (Å²) in [7, 11) is -3.27. The maximum absolute atomic E-state index is 14.9. The molecule has 12 heteroatoms. The van der Waals surface area contributed by atoms with Crippen LogP contribution in [0.4, 0.5) is 13.2 Å². The minimum atomic E-state index is -3.27. The van der Waals surface area contributed by atoms with Crippen LogP contribution in [0.5, 0.6) is 0 Å². The standard InChI is InChI=1S/C30H35F3N4O4S/c1-19(38)30(39)37(17-22-14-34-15-26(22)33)28(21-9-11-42(40,41)12-10-21)29-35-27(24-13-23(31)7-8-25(24)32)18-36(29)16-20-5-3-2-4-6-20/h2-8,13,18-19,21-22,26,28,34,38H,9-12,14-17H2,1H3/t19-,22-,26-,28+/m0/s1. The lowest BCUT2D eigenvalue weighted by Crippen LogP contribution is -2.48. The van der Waals surface area contributed by atoms with Gasteiger partial charge in [-0.3, -0.25) is 4.79 Å². The van der Waals surface area contributed by atoms with Gasteiger partial charge < -0.3 is 19.9 Å². The summed E-state index contributed by atoms with van der Waals surface area (Å²) in [5.74, 6) is -2.77. The monoisotopic (exact) mass is 604 g/mol. The number of amides is 1. The number of sulfone groups is 1. The second kappa shape index (κ2) is 12.6. The number of aliphatic hydroxyl groups excluding tert-OH is 1. The fourth-order valence-electron chi connectivity index (χ4n) is 5.94. The first-order valence-corrected chi connectivity index (χ1v) is 15.9. The van der Waals surface area contributed by atoms with Crippen LogP contribution in [0.2, 0.25) is 0 Å². The van der Waals surface area contributed by atoms with Crippen LogP contribution in [-0.4, -0.2) is 77.3 Å². The summed E-state index contributed by atoms with van der Waals surface area (Å²) in [6.45, 7) is 2.04.